The number of pyridine rings is 1. The second-order valence-electron chi connectivity index (χ2n) is 7.93. The first kappa shape index (κ1) is 20.0. The third-order valence-corrected chi connectivity index (χ3v) is 5.97. The quantitative estimate of drug-likeness (QED) is 0.600. The molecule has 0 aliphatic carbocycles. The Balaban J connectivity index is 1.31. The summed E-state index contributed by atoms with van der Waals surface area (Å²) in [5.41, 5.74) is 2.17. The van der Waals surface area contributed by atoms with E-state index in [9.17, 15) is 0 Å². The van der Waals surface area contributed by atoms with Gasteiger partial charge in [-0.15, -0.1) is 0 Å². The molecule has 2 aromatic heterocycles. The molecule has 8 nitrogen and oxygen atoms in total. The largest absolute Gasteiger partial charge is 0.497 e. The Morgan fingerprint density at radius 2 is 1.94 bits per heavy atom. The molecule has 0 radical (unpaired) electrons. The maximum absolute atomic E-state index is 5.72. The summed E-state index contributed by atoms with van der Waals surface area (Å²) in [7, 11) is 1.69. The number of methoxy groups -OCH3 is 1. The highest BCUT2D eigenvalue weighted by Crippen LogP contribution is 2.33. The van der Waals surface area contributed by atoms with E-state index in [1.54, 1.807) is 7.11 Å². The van der Waals surface area contributed by atoms with E-state index in [2.05, 4.69) is 32.1 Å². The lowest BCUT2D eigenvalue weighted by atomic mass is 10.1. The Morgan fingerprint density at radius 1 is 1.10 bits per heavy atom. The van der Waals surface area contributed by atoms with Crippen molar-refractivity contribution in [3.63, 3.8) is 0 Å². The summed E-state index contributed by atoms with van der Waals surface area (Å²) >= 11 is 0. The van der Waals surface area contributed by atoms with Crippen LogP contribution < -0.4 is 9.64 Å². The molecule has 3 aromatic rings. The van der Waals surface area contributed by atoms with E-state index in [4.69, 9.17) is 19.0 Å². The summed E-state index contributed by atoms with van der Waals surface area (Å²) in [5.74, 6) is 3.10. The van der Waals surface area contributed by atoms with Crippen molar-refractivity contribution in [2.24, 2.45) is 0 Å². The Hall–Kier alpha value is -2.97. The molecule has 5 rings (SSSR count). The first-order valence-electron chi connectivity index (χ1n) is 10.8. The molecule has 2 aliphatic rings. The van der Waals surface area contributed by atoms with Crippen molar-refractivity contribution >= 4 is 5.82 Å². The van der Waals surface area contributed by atoms with E-state index in [0.29, 0.717) is 11.7 Å². The lowest BCUT2D eigenvalue weighted by Gasteiger charge is -2.27. The van der Waals surface area contributed by atoms with Crippen LogP contribution in [0.15, 0.2) is 47.1 Å². The van der Waals surface area contributed by atoms with Crippen molar-refractivity contribution in [1.82, 2.24) is 20.0 Å². The van der Waals surface area contributed by atoms with Crippen LogP contribution in [0.5, 0.6) is 5.75 Å². The lowest BCUT2D eigenvalue weighted by molar-refractivity contribution is 0.122. The standard InChI is InChI=1S/C23H27N5O3/c1-29-19-6-4-17(5-7-19)16-28-10-2-3-20(28)23-25-22(26-31-23)18-8-9-24-21(15-18)27-11-13-30-14-12-27/h4-9,15,20H,2-3,10-14,16H2,1H3. The van der Waals surface area contributed by atoms with Crippen LogP contribution >= 0.6 is 0 Å². The molecule has 31 heavy (non-hydrogen) atoms. The van der Waals surface area contributed by atoms with Gasteiger partial charge in [-0.05, 0) is 49.2 Å². The lowest BCUT2D eigenvalue weighted by Crippen LogP contribution is -2.36. The Bertz CT molecular complexity index is 1000. The van der Waals surface area contributed by atoms with Gasteiger partial charge in [0.25, 0.3) is 0 Å². The van der Waals surface area contributed by atoms with Crippen LogP contribution in [0.2, 0.25) is 0 Å². The van der Waals surface area contributed by atoms with Gasteiger partial charge in [0.05, 0.1) is 26.4 Å². The predicted molar refractivity (Wildman–Crippen MR) is 116 cm³/mol. The van der Waals surface area contributed by atoms with Crippen molar-refractivity contribution in [3.05, 3.63) is 54.0 Å². The average molecular weight is 422 g/mol. The fourth-order valence-corrected chi connectivity index (χ4v) is 4.27. The van der Waals surface area contributed by atoms with E-state index in [1.807, 2.05) is 30.5 Å². The number of hydrogen-bond acceptors (Lipinski definition) is 8. The van der Waals surface area contributed by atoms with Gasteiger partial charge in [0.1, 0.15) is 11.6 Å². The van der Waals surface area contributed by atoms with Crippen LogP contribution in [0.3, 0.4) is 0 Å². The van der Waals surface area contributed by atoms with Gasteiger partial charge >= 0.3 is 0 Å². The van der Waals surface area contributed by atoms with Crippen LogP contribution in [0.4, 0.5) is 5.82 Å². The number of morpholine rings is 1. The number of rotatable bonds is 6. The highest BCUT2D eigenvalue weighted by Gasteiger charge is 2.31. The minimum atomic E-state index is 0.143. The maximum Gasteiger partial charge on any atom is 0.244 e. The van der Waals surface area contributed by atoms with Crippen molar-refractivity contribution in [2.45, 2.75) is 25.4 Å². The molecule has 0 bridgehead atoms. The van der Waals surface area contributed by atoms with Gasteiger partial charge in [-0.25, -0.2) is 4.98 Å². The average Bonchev–Trinajstić information content (AvgIpc) is 3.50. The molecule has 1 aromatic carbocycles. The van der Waals surface area contributed by atoms with E-state index >= 15 is 0 Å². The van der Waals surface area contributed by atoms with Crippen molar-refractivity contribution < 1.29 is 14.0 Å². The number of ether oxygens (including phenoxy) is 2. The molecule has 162 valence electrons. The molecule has 1 unspecified atom stereocenters. The Kier molecular flexibility index (Phi) is 5.82. The minimum Gasteiger partial charge on any atom is -0.497 e. The van der Waals surface area contributed by atoms with Crippen LogP contribution in [0.25, 0.3) is 11.4 Å². The van der Waals surface area contributed by atoms with Gasteiger partial charge in [-0.1, -0.05) is 17.3 Å². The molecule has 0 saturated carbocycles. The van der Waals surface area contributed by atoms with Crippen LogP contribution in [0, 0.1) is 0 Å². The second kappa shape index (κ2) is 9.03. The molecular formula is C23H27N5O3. The van der Waals surface area contributed by atoms with Crippen molar-refractivity contribution in [3.8, 4) is 17.1 Å². The van der Waals surface area contributed by atoms with E-state index in [1.165, 1.54) is 5.56 Å². The molecule has 2 aliphatic heterocycles. The molecule has 0 spiro atoms. The fourth-order valence-electron chi connectivity index (χ4n) is 4.27. The summed E-state index contributed by atoms with van der Waals surface area (Å²) in [6.45, 7) is 5.01. The van der Waals surface area contributed by atoms with E-state index in [-0.39, 0.29) is 6.04 Å². The van der Waals surface area contributed by atoms with E-state index < -0.39 is 0 Å². The summed E-state index contributed by atoms with van der Waals surface area (Å²) in [5, 5.41) is 4.28. The number of benzene rings is 1. The zero-order valence-electron chi connectivity index (χ0n) is 17.7. The number of hydrogen-bond donors (Lipinski definition) is 0. The van der Waals surface area contributed by atoms with Crippen LogP contribution in [-0.4, -0.2) is 60.0 Å². The summed E-state index contributed by atoms with van der Waals surface area (Å²) in [6.07, 6.45) is 3.95. The highest BCUT2D eigenvalue weighted by molar-refractivity contribution is 5.59. The topological polar surface area (TPSA) is 76.8 Å². The smallest absolute Gasteiger partial charge is 0.244 e. The SMILES string of the molecule is COc1ccc(CN2CCCC2c2nc(-c3ccnc(N4CCOCC4)c3)no2)cc1. The number of nitrogens with zero attached hydrogens (tertiary/aromatic N) is 5. The van der Waals surface area contributed by atoms with Gasteiger partial charge < -0.3 is 18.9 Å². The predicted octanol–water partition coefficient (Wildman–Crippen LogP) is 3.31. The number of aromatic nitrogens is 3. The van der Waals surface area contributed by atoms with Gasteiger partial charge in [-0.3, -0.25) is 4.90 Å². The van der Waals surface area contributed by atoms with Crippen LogP contribution in [-0.2, 0) is 11.3 Å². The zero-order valence-corrected chi connectivity index (χ0v) is 17.7. The number of anilines is 1. The molecule has 2 fully saturated rings. The fraction of sp³-hybridized carbons (Fsp3) is 0.435. The second-order valence-corrected chi connectivity index (χ2v) is 7.93. The highest BCUT2D eigenvalue weighted by atomic mass is 16.5. The van der Waals surface area contributed by atoms with Crippen LogP contribution in [0.1, 0.15) is 30.3 Å². The summed E-state index contributed by atoms with van der Waals surface area (Å²) in [6, 6.07) is 12.3. The summed E-state index contributed by atoms with van der Waals surface area (Å²) in [4.78, 5) is 13.9. The van der Waals surface area contributed by atoms with E-state index in [0.717, 1.165) is 69.4 Å². The van der Waals surface area contributed by atoms with Gasteiger partial charge in [0, 0.05) is 31.4 Å². The molecular weight excluding hydrogens is 394 g/mol. The van der Waals surface area contributed by atoms with Gasteiger partial charge in [-0.2, -0.15) is 4.98 Å². The molecule has 4 heterocycles. The number of likely N-dealkylation sites (tertiary alicyclic amines) is 1. The molecule has 0 N–H and O–H groups in total. The molecule has 1 atom stereocenters. The monoisotopic (exact) mass is 421 g/mol. The Morgan fingerprint density at radius 3 is 2.74 bits per heavy atom. The first-order valence-corrected chi connectivity index (χ1v) is 10.8. The molecule has 8 heteroatoms. The van der Waals surface area contributed by atoms with Crippen molar-refractivity contribution in [1.29, 1.82) is 0 Å². The van der Waals surface area contributed by atoms with Gasteiger partial charge in [0.2, 0.25) is 11.7 Å². The van der Waals surface area contributed by atoms with Gasteiger partial charge in [0.15, 0.2) is 0 Å². The molecule has 2 saturated heterocycles. The minimum absolute atomic E-state index is 0.143. The Labute approximate surface area is 181 Å². The first-order chi connectivity index (χ1) is 15.3. The normalized spacial score (nSPS) is 19.6. The third kappa shape index (κ3) is 4.40. The van der Waals surface area contributed by atoms with Crippen molar-refractivity contribution in [2.75, 3.05) is 44.9 Å². The molecule has 0 amide bonds. The maximum atomic E-state index is 5.72. The zero-order chi connectivity index (χ0) is 21.0. The third-order valence-electron chi connectivity index (χ3n) is 5.97. The summed E-state index contributed by atoms with van der Waals surface area (Å²) < 4.78 is 16.4.